The second kappa shape index (κ2) is 4.78. The molecule has 0 saturated heterocycles. The van der Waals surface area contributed by atoms with Crippen LogP contribution in [-0.4, -0.2) is 22.1 Å². The highest BCUT2D eigenvalue weighted by Gasteiger charge is 2.20. The molecule has 1 aliphatic carbocycles. The molecule has 2 rings (SSSR count). The predicted octanol–water partition coefficient (Wildman–Crippen LogP) is 0.940. The molecular weight excluding hydrogens is 202 g/mol. The van der Waals surface area contributed by atoms with Gasteiger partial charge < -0.3 is 5.32 Å². The van der Waals surface area contributed by atoms with Crippen LogP contribution in [0.3, 0.4) is 0 Å². The van der Waals surface area contributed by atoms with Crippen LogP contribution in [0.2, 0.25) is 0 Å². The zero-order valence-electron chi connectivity index (χ0n) is 9.94. The van der Waals surface area contributed by atoms with Crippen LogP contribution in [0.1, 0.15) is 25.3 Å². The monoisotopic (exact) mass is 221 g/mol. The molecule has 1 saturated carbocycles. The van der Waals surface area contributed by atoms with E-state index in [9.17, 15) is 4.79 Å². The zero-order chi connectivity index (χ0) is 11.5. The van der Waals surface area contributed by atoms with Crippen molar-refractivity contribution in [2.45, 2.75) is 39.3 Å². The molecule has 0 aliphatic heterocycles. The Bertz CT molecular complexity index is 409. The topological polar surface area (TPSA) is 46.9 Å². The Morgan fingerprint density at radius 1 is 1.62 bits per heavy atom. The van der Waals surface area contributed by atoms with Crippen molar-refractivity contribution in [2.75, 3.05) is 6.54 Å². The van der Waals surface area contributed by atoms with E-state index in [0.29, 0.717) is 5.92 Å². The van der Waals surface area contributed by atoms with Gasteiger partial charge in [-0.2, -0.15) is 0 Å². The van der Waals surface area contributed by atoms with E-state index in [1.165, 1.54) is 12.8 Å². The minimum Gasteiger partial charge on any atom is -0.314 e. The predicted molar refractivity (Wildman–Crippen MR) is 63.4 cm³/mol. The molecule has 1 N–H and O–H groups in total. The van der Waals surface area contributed by atoms with Gasteiger partial charge in [-0.1, -0.05) is 6.92 Å². The van der Waals surface area contributed by atoms with E-state index in [1.54, 1.807) is 10.8 Å². The second-order valence-corrected chi connectivity index (χ2v) is 4.85. The highest BCUT2D eigenvalue weighted by Crippen LogP contribution is 2.18. The number of hydrogen-bond donors (Lipinski definition) is 1. The number of nitrogens with zero attached hydrogens (tertiary/aromatic N) is 2. The van der Waals surface area contributed by atoms with E-state index in [1.807, 2.05) is 13.1 Å². The maximum Gasteiger partial charge on any atom is 0.347 e. The van der Waals surface area contributed by atoms with Crippen molar-refractivity contribution in [3.63, 3.8) is 0 Å². The molecule has 0 amide bonds. The zero-order valence-corrected chi connectivity index (χ0v) is 9.94. The Labute approximate surface area is 95.7 Å². The Hall–Kier alpha value is -1.16. The summed E-state index contributed by atoms with van der Waals surface area (Å²) in [5.41, 5.74) is 0.880. The summed E-state index contributed by atoms with van der Waals surface area (Å²) in [5, 5.41) is 3.47. The maximum atomic E-state index is 11.5. The molecule has 1 fully saturated rings. The fourth-order valence-electron chi connectivity index (χ4n) is 1.75. The highest BCUT2D eigenvalue weighted by atomic mass is 16.1. The van der Waals surface area contributed by atoms with Crippen molar-refractivity contribution in [3.8, 4) is 0 Å². The van der Waals surface area contributed by atoms with Crippen LogP contribution >= 0.6 is 0 Å². The Morgan fingerprint density at radius 2 is 2.38 bits per heavy atom. The third-order valence-electron chi connectivity index (χ3n) is 2.82. The standard InChI is InChI=1S/C12H19N3O/c1-9(5-13-11-3-4-11)7-15-8-10(2)6-14-12(15)16/h6,8-9,11,13H,3-5,7H2,1-2H3. The smallest absolute Gasteiger partial charge is 0.314 e. The summed E-state index contributed by atoms with van der Waals surface area (Å²) in [4.78, 5) is 15.3. The molecule has 16 heavy (non-hydrogen) atoms. The molecule has 4 nitrogen and oxygen atoms in total. The lowest BCUT2D eigenvalue weighted by Crippen LogP contribution is -2.30. The Morgan fingerprint density at radius 3 is 3.06 bits per heavy atom. The van der Waals surface area contributed by atoms with Gasteiger partial charge in [0, 0.05) is 25.0 Å². The molecule has 0 radical (unpaired) electrons. The first-order valence-electron chi connectivity index (χ1n) is 5.91. The van der Waals surface area contributed by atoms with Crippen molar-refractivity contribution in [1.29, 1.82) is 0 Å². The number of aryl methyl sites for hydroxylation is 1. The number of hydrogen-bond acceptors (Lipinski definition) is 3. The minimum atomic E-state index is -0.149. The highest BCUT2D eigenvalue weighted by molar-refractivity contribution is 4.99. The summed E-state index contributed by atoms with van der Waals surface area (Å²) >= 11 is 0. The lowest BCUT2D eigenvalue weighted by molar-refractivity contribution is 0.433. The summed E-state index contributed by atoms with van der Waals surface area (Å²) in [7, 11) is 0. The van der Waals surface area contributed by atoms with Crippen LogP contribution in [0.25, 0.3) is 0 Å². The average molecular weight is 221 g/mol. The normalized spacial score (nSPS) is 17.4. The quantitative estimate of drug-likeness (QED) is 0.805. The summed E-state index contributed by atoms with van der Waals surface area (Å²) in [5.74, 6) is 0.460. The van der Waals surface area contributed by atoms with Gasteiger partial charge in [0.2, 0.25) is 0 Å². The van der Waals surface area contributed by atoms with Gasteiger partial charge in [0.15, 0.2) is 0 Å². The van der Waals surface area contributed by atoms with Gasteiger partial charge in [-0.05, 0) is 37.8 Å². The Balaban J connectivity index is 1.90. The SMILES string of the molecule is Cc1cnc(=O)n(CC(C)CNC2CC2)c1. The Kier molecular flexibility index (Phi) is 3.39. The van der Waals surface area contributed by atoms with Crippen molar-refractivity contribution in [3.05, 3.63) is 28.4 Å². The van der Waals surface area contributed by atoms with Crippen molar-refractivity contribution in [1.82, 2.24) is 14.9 Å². The molecule has 1 aromatic heterocycles. The van der Waals surface area contributed by atoms with Gasteiger partial charge in [-0.25, -0.2) is 9.78 Å². The van der Waals surface area contributed by atoms with Crippen molar-refractivity contribution >= 4 is 0 Å². The first-order chi connectivity index (χ1) is 7.65. The molecule has 0 aromatic carbocycles. The van der Waals surface area contributed by atoms with Crippen molar-refractivity contribution in [2.24, 2.45) is 5.92 Å². The summed E-state index contributed by atoms with van der Waals surface area (Å²) in [6.07, 6.45) is 6.10. The van der Waals surface area contributed by atoms with Crippen LogP contribution in [0.4, 0.5) is 0 Å². The molecule has 1 unspecified atom stereocenters. The molecular formula is C12H19N3O. The maximum absolute atomic E-state index is 11.5. The molecule has 1 aromatic rings. The lowest BCUT2D eigenvalue weighted by atomic mass is 10.2. The second-order valence-electron chi connectivity index (χ2n) is 4.85. The number of aromatic nitrogens is 2. The average Bonchev–Trinajstić information content (AvgIpc) is 3.04. The fourth-order valence-corrected chi connectivity index (χ4v) is 1.75. The van der Waals surface area contributed by atoms with Crippen LogP contribution in [0.15, 0.2) is 17.2 Å². The van der Waals surface area contributed by atoms with E-state index in [-0.39, 0.29) is 5.69 Å². The van der Waals surface area contributed by atoms with Gasteiger partial charge in [0.25, 0.3) is 0 Å². The third kappa shape index (κ3) is 3.17. The van der Waals surface area contributed by atoms with Crippen LogP contribution in [-0.2, 0) is 6.54 Å². The summed E-state index contributed by atoms with van der Waals surface area (Å²) in [6, 6.07) is 0.731. The van der Waals surface area contributed by atoms with Crippen LogP contribution in [0.5, 0.6) is 0 Å². The van der Waals surface area contributed by atoms with E-state index in [4.69, 9.17) is 0 Å². The first-order valence-corrected chi connectivity index (χ1v) is 5.91. The summed E-state index contributed by atoms with van der Waals surface area (Å²) < 4.78 is 1.70. The third-order valence-corrected chi connectivity index (χ3v) is 2.82. The molecule has 1 aliphatic rings. The van der Waals surface area contributed by atoms with Crippen molar-refractivity contribution < 1.29 is 0 Å². The van der Waals surface area contributed by atoms with Gasteiger partial charge in [0.1, 0.15) is 0 Å². The van der Waals surface area contributed by atoms with E-state index >= 15 is 0 Å². The molecule has 1 heterocycles. The first kappa shape index (κ1) is 11.3. The van der Waals surface area contributed by atoms with Gasteiger partial charge in [0.05, 0.1) is 0 Å². The van der Waals surface area contributed by atoms with Gasteiger partial charge in [-0.15, -0.1) is 0 Å². The molecule has 0 bridgehead atoms. The molecule has 88 valence electrons. The van der Waals surface area contributed by atoms with E-state index < -0.39 is 0 Å². The molecule has 0 spiro atoms. The molecule has 1 atom stereocenters. The van der Waals surface area contributed by atoms with Gasteiger partial charge in [-0.3, -0.25) is 4.57 Å². The van der Waals surface area contributed by atoms with E-state index in [0.717, 1.165) is 24.7 Å². The van der Waals surface area contributed by atoms with Crippen LogP contribution < -0.4 is 11.0 Å². The summed E-state index contributed by atoms with van der Waals surface area (Å²) in [6.45, 7) is 5.83. The minimum absolute atomic E-state index is 0.149. The van der Waals surface area contributed by atoms with E-state index in [2.05, 4.69) is 17.2 Å². The van der Waals surface area contributed by atoms with Gasteiger partial charge >= 0.3 is 5.69 Å². The largest absolute Gasteiger partial charge is 0.347 e. The number of nitrogens with one attached hydrogen (secondary N) is 1. The van der Waals surface area contributed by atoms with Crippen LogP contribution in [0, 0.1) is 12.8 Å². The fraction of sp³-hybridized carbons (Fsp3) is 0.667. The number of rotatable bonds is 5. The lowest BCUT2D eigenvalue weighted by Gasteiger charge is -2.13. The molecule has 4 heteroatoms.